The van der Waals surface area contributed by atoms with Crippen molar-refractivity contribution in [2.45, 2.75) is 25.3 Å². The highest BCUT2D eigenvalue weighted by Gasteiger charge is 2.31. The van der Waals surface area contributed by atoms with Crippen molar-refractivity contribution in [3.63, 3.8) is 0 Å². The van der Waals surface area contributed by atoms with Crippen LogP contribution in [-0.2, 0) is 4.79 Å². The number of hydrogen-bond acceptors (Lipinski definition) is 3. The number of carbonyl (C=O) groups excluding carboxylic acids is 1. The lowest BCUT2D eigenvalue weighted by Crippen LogP contribution is -2.33. The van der Waals surface area contributed by atoms with Gasteiger partial charge in [0.2, 0.25) is 0 Å². The number of amides is 1. The number of rotatable bonds is 3. The summed E-state index contributed by atoms with van der Waals surface area (Å²) in [6.45, 7) is 0. The standard InChI is InChI=1S/C12H12BrClN2O3/c13-7-4-9(10(14)15-5-7)11(17)16-8-2-1-6(3-8)12(18)19/h4-6,8H,1-3H2,(H,16,17)(H,18,19). The Morgan fingerprint density at radius 2 is 2.21 bits per heavy atom. The van der Waals surface area contributed by atoms with E-state index in [0.717, 1.165) is 0 Å². The van der Waals surface area contributed by atoms with E-state index in [1.54, 1.807) is 6.07 Å². The van der Waals surface area contributed by atoms with Crippen LogP contribution in [0.4, 0.5) is 0 Å². The minimum Gasteiger partial charge on any atom is -0.481 e. The van der Waals surface area contributed by atoms with Crippen molar-refractivity contribution in [3.8, 4) is 0 Å². The Morgan fingerprint density at radius 1 is 1.47 bits per heavy atom. The molecule has 1 aromatic heterocycles. The normalized spacial score (nSPS) is 22.2. The third kappa shape index (κ3) is 3.45. The zero-order valence-electron chi connectivity index (χ0n) is 9.90. The molecular formula is C12H12BrClN2O3. The van der Waals surface area contributed by atoms with Crippen LogP contribution >= 0.6 is 27.5 Å². The molecule has 0 radical (unpaired) electrons. The number of pyridine rings is 1. The largest absolute Gasteiger partial charge is 0.481 e. The summed E-state index contributed by atoms with van der Waals surface area (Å²) in [7, 11) is 0. The lowest BCUT2D eigenvalue weighted by atomic mass is 10.1. The van der Waals surface area contributed by atoms with Crippen molar-refractivity contribution in [2.75, 3.05) is 0 Å². The summed E-state index contributed by atoms with van der Waals surface area (Å²) in [4.78, 5) is 26.8. The molecule has 1 heterocycles. The van der Waals surface area contributed by atoms with Gasteiger partial charge in [-0.25, -0.2) is 4.98 Å². The first-order chi connectivity index (χ1) is 8.97. The van der Waals surface area contributed by atoms with Crippen molar-refractivity contribution in [2.24, 2.45) is 5.92 Å². The molecule has 0 spiro atoms. The molecule has 1 saturated carbocycles. The molecule has 2 N–H and O–H groups in total. The minimum atomic E-state index is -0.807. The predicted octanol–water partition coefficient (Wildman–Crippen LogP) is 2.48. The Kier molecular flexibility index (Phi) is 4.42. The van der Waals surface area contributed by atoms with Crippen LogP contribution in [0.25, 0.3) is 0 Å². The van der Waals surface area contributed by atoms with E-state index < -0.39 is 5.97 Å². The summed E-state index contributed by atoms with van der Waals surface area (Å²) in [5, 5.41) is 11.8. The number of hydrogen-bond donors (Lipinski definition) is 2. The van der Waals surface area contributed by atoms with E-state index in [1.165, 1.54) is 6.20 Å². The van der Waals surface area contributed by atoms with Crippen LogP contribution in [0.1, 0.15) is 29.6 Å². The molecule has 5 nitrogen and oxygen atoms in total. The summed E-state index contributed by atoms with van der Waals surface area (Å²) in [5.74, 6) is -1.50. The van der Waals surface area contributed by atoms with Crippen molar-refractivity contribution in [1.82, 2.24) is 10.3 Å². The van der Waals surface area contributed by atoms with Crippen LogP contribution in [0.2, 0.25) is 5.15 Å². The van der Waals surface area contributed by atoms with Crippen LogP contribution in [0, 0.1) is 5.92 Å². The van der Waals surface area contributed by atoms with Gasteiger partial charge in [-0.05, 0) is 41.3 Å². The maximum Gasteiger partial charge on any atom is 0.306 e. The molecular weight excluding hydrogens is 336 g/mol. The molecule has 0 saturated heterocycles. The number of carboxylic acid groups (broad SMARTS) is 1. The second kappa shape index (κ2) is 5.88. The van der Waals surface area contributed by atoms with E-state index in [-0.39, 0.29) is 28.6 Å². The summed E-state index contributed by atoms with van der Waals surface area (Å²) in [5.41, 5.74) is 0.287. The molecule has 2 unspecified atom stereocenters. The summed E-state index contributed by atoms with van der Waals surface area (Å²) >= 11 is 9.10. The number of carbonyl (C=O) groups is 2. The number of nitrogens with one attached hydrogen (secondary N) is 1. The molecule has 1 fully saturated rings. The van der Waals surface area contributed by atoms with Crippen molar-refractivity contribution < 1.29 is 14.7 Å². The second-order valence-electron chi connectivity index (χ2n) is 4.51. The number of carboxylic acids is 1. The van der Waals surface area contributed by atoms with Crippen molar-refractivity contribution in [3.05, 3.63) is 27.5 Å². The van der Waals surface area contributed by atoms with Gasteiger partial charge in [-0.3, -0.25) is 9.59 Å². The van der Waals surface area contributed by atoms with E-state index in [1.807, 2.05) is 0 Å². The molecule has 102 valence electrons. The summed E-state index contributed by atoms with van der Waals surface area (Å²) in [6, 6.07) is 1.47. The Morgan fingerprint density at radius 3 is 2.84 bits per heavy atom. The van der Waals surface area contributed by atoms with Gasteiger partial charge in [-0.15, -0.1) is 0 Å². The number of nitrogens with zero attached hydrogens (tertiary/aromatic N) is 1. The number of aliphatic carboxylic acids is 1. The first kappa shape index (κ1) is 14.3. The van der Waals surface area contributed by atoms with Gasteiger partial charge in [0.15, 0.2) is 0 Å². The van der Waals surface area contributed by atoms with E-state index in [0.29, 0.717) is 23.7 Å². The number of aromatic nitrogens is 1. The first-order valence-electron chi connectivity index (χ1n) is 5.82. The van der Waals surface area contributed by atoms with Gasteiger partial charge < -0.3 is 10.4 Å². The maximum atomic E-state index is 12.0. The molecule has 1 amide bonds. The van der Waals surface area contributed by atoms with Crippen LogP contribution in [0.15, 0.2) is 16.7 Å². The van der Waals surface area contributed by atoms with Crippen LogP contribution in [-0.4, -0.2) is 28.0 Å². The van der Waals surface area contributed by atoms with E-state index >= 15 is 0 Å². The van der Waals surface area contributed by atoms with Gasteiger partial charge in [0.25, 0.3) is 5.91 Å². The molecule has 1 aromatic rings. The molecule has 2 atom stereocenters. The van der Waals surface area contributed by atoms with Crippen LogP contribution in [0.3, 0.4) is 0 Å². The maximum absolute atomic E-state index is 12.0. The Hall–Kier alpha value is -1.14. The van der Waals surface area contributed by atoms with Gasteiger partial charge in [0.05, 0.1) is 11.5 Å². The average molecular weight is 348 g/mol. The fourth-order valence-electron chi connectivity index (χ4n) is 2.18. The molecule has 1 aliphatic rings. The molecule has 1 aliphatic carbocycles. The third-order valence-corrected chi connectivity index (χ3v) is 3.90. The van der Waals surface area contributed by atoms with Crippen LogP contribution < -0.4 is 5.32 Å². The van der Waals surface area contributed by atoms with Crippen molar-refractivity contribution in [1.29, 1.82) is 0 Å². The van der Waals surface area contributed by atoms with Gasteiger partial charge >= 0.3 is 5.97 Å². The molecule has 0 aromatic carbocycles. The summed E-state index contributed by atoms with van der Waals surface area (Å²) < 4.78 is 0.664. The predicted molar refractivity (Wildman–Crippen MR) is 73.2 cm³/mol. The molecule has 19 heavy (non-hydrogen) atoms. The first-order valence-corrected chi connectivity index (χ1v) is 6.99. The third-order valence-electron chi connectivity index (χ3n) is 3.17. The molecule has 7 heteroatoms. The molecule has 0 aliphatic heterocycles. The molecule has 2 rings (SSSR count). The van der Waals surface area contributed by atoms with E-state index in [4.69, 9.17) is 16.7 Å². The monoisotopic (exact) mass is 346 g/mol. The topological polar surface area (TPSA) is 79.3 Å². The Bertz CT molecular complexity index is 524. The number of halogens is 2. The zero-order chi connectivity index (χ0) is 14.0. The minimum absolute atomic E-state index is 0.122. The lowest BCUT2D eigenvalue weighted by Gasteiger charge is -2.13. The van der Waals surface area contributed by atoms with Gasteiger partial charge in [0.1, 0.15) is 5.15 Å². The van der Waals surface area contributed by atoms with Gasteiger partial charge in [-0.2, -0.15) is 0 Å². The Labute approximate surface area is 123 Å². The molecule has 0 bridgehead atoms. The SMILES string of the molecule is O=C(NC1CCC(C(=O)O)C1)c1cc(Br)cnc1Cl. The highest BCUT2D eigenvalue weighted by Crippen LogP contribution is 2.26. The fraction of sp³-hybridized carbons (Fsp3) is 0.417. The van der Waals surface area contributed by atoms with E-state index in [2.05, 4.69) is 26.2 Å². The zero-order valence-corrected chi connectivity index (χ0v) is 12.2. The average Bonchev–Trinajstić information content (AvgIpc) is 2.80. The lowest BCUT2D eigenvalue weighted by molar-refractivity contribution is -0.141. The van der Waals surface area contributed by atoms with Crippen LogP contribution in [0.5, 0.6) is 0 Å². The van der Waals surface area contributed by atoms with E-state index in [9.17, 15) is 9.59 Å². The van der Waals surface area contributed by atoms with Gasteiger partial charge in [0, 0.05) is 16.7 Å². The highest BCUT2D eigenvalue weighted by atomic mass is 79.9. The summed E-state index contributed by atoms with van der Waals surface area (Å²) in [6.07, 6.45) is 3.22. The fourth-order valence-corrected chi connectivity index (χ4v) is 2.70. The quantitative estimate of drug-likeness (QED) is 0.823. The van der Waals surface area contributed by atoms with Crippen molar-refractivity contribution >= 4 is 39.4 Å². The smallest absolute Gasteiger partial charge is 0.306 e. The highest BCUT2D eigenvalue weighted by molar-refractivity contribution is 9.10. The van der Waals surface area contributed by atoms with Gasteiger partial charge in [-0.1, -0.05) is 11.6 Å². The second-order valence-corrected chi connectivity index (χ2v) is 5.78. The Balaban J connectivity index is 2.02.